The summed E-state index contributed by atoms with van der Waals surface area (Å²) in [4.78, 5) is 0. The van der Waals surface area contributed by atoms with E-state index in [-0.39, 0.29) is 5.41 Å². The number of furan rings is 1. The van der Waals surface area contributed by atoms with Crippen molar-refractivity contribution in [3.63, 3.8) is 0 Å². The van der Waals surface area contributed by atoms with Gasteiger partial charge in [0.25, 0.3) is 5.52 Å². The molecule has 0 atom stereocenters. The number of para-hydroxylation sites is 1. The maximum atomic E-state index is 6.34. The highest BCUT2D eigenvalue weighted by molar-refractivity contribution is 6.06. The molecule has 0 spiro atoms. The highest BCUT2D eigenvalue weighted by Crippen LogP contribution is 2.38. The monoisotopic (exact) mass is 366 g/mol. The standard InChI is InChI=1S/C26H24NO/c1-26(2,3)22-16-18(15-17-9-5-6-10-19(17)22)20-13-14-27(4)24-21-11-7-8-12-23(21)28-25(20)24/h5-16H,1-4H3/q+1. The lowest BCUT2D eigenvalue weighted by Gasteiger charge is -2.22. The van der Waals surface area contributed by atoms with E-state index in [4.69, 9.17) is 4.42 Å². The molecule has 5 aromatic rings. The van der Waals surface area contributed by atoms with Gasteiger partial charge in [0.15, 0.2) is 6.20 Å². The van der Waals surface area contributed by atoms with Gasteiger partial charge in [0, 0.05) is 11.6 Å². The second-order valence-corrected chi connectivity index (χ2v) is 8.61. The number of hydrogen-bond acceptors (Lipinski definition) is 1. The van der Waals surface area contributed by atoms with E-state index in [1.54, 1.807) is 0 Å². The molecule has 5 rings (SSSR count). The minimum atomic E-state index is 0.0576. The molecule has 0 aliphatic heterocycles. The van der Waals surface area contributed by atoms with Crippen LogP contribution in [0, 0.1) is 0 Å². The summed E-state index contributed by atoms with van der Waals surface area (Å²) < 4.78 is 8.48. The lowest BCUT2D eigenvalue weighted by molar-refractivity contribution is -0.644. The van der Waals surface area contributed by atoms with Crippen LogP contribution in [0.1, 0.15) is 26.3 Å². The van der Waals surface area contributed by atoms with Gasteiger partial charge in [-0.3, -0.25) is 0 Å². The molecule has 138 valence electrons. The molecule has 2 aromatic heterocycles. The van der Waals surface area contributed by atoms with Crippen molar-refractivity contribution < 1.29 is 8.98 Å². The van der Waals surface area contributed by atoms with Crippen LogP contribution in [0.4, 0.5) is 0 Å². The fraction of sp³-hybridized carbons (Fsp3) is 0.192. The van der Waals surface area contributed by atoms with Crippen molar-refractivity contribution in [1.82, 2.24) is 0 Å². The number of fused-ring (bicyclic) bond motifs is 4. The normalized spacial score (nSPS) is 12.3. The molecule has 0 saturated carbocycles. The molecule has 0 unspecified atom stereocenters. The van der Waals surface area contributed by atoms with Gasteiger partial charge in [-0.05, 0) is 51.6 Å². The maximum absolute atomic E-state index is 6.34. The Bertz CT molecular complexity index is 1350. The molecule has 0 saturated heterocycles. The lowest BCUT2D eigenvalue weighted by atomic mass is 9.82. The molecule has 2 nitrogen and oxygen atoms in total. The van der Waals surface area contributed by atoms with E-state index in [1.165, 1.54) is 21.9 Å². The Morgan fingerprint density at radius 3 is 2.32 bits per heavy atom. The lowest BCUT2D eigenvalue weighted by Crippen LogP contribution is -2.27. The number of aromatic nitrogens is 1. The number of aryl methyl sites for hydroxylation is 1. The molecule has 2 heterocycles. The molecule has 0 fully saturated rings. The molecular formula is C26H24NO+. The second-order valence-electron chi connectivity index (χ2n) is 8.61. The summed E-state index contributed by atoms with van der Waals surface area (Å²) in [5.41, 5.74) is 6.77. The van der Waals surface area contributed by atoms with Crippen molar-refractivity contribution in [2.24, 2.45) is 7.05 Å². The van der Waals surface area contributed by atoms with Crippen molar-refractivity contribution in [3.8, 4) is 11.1 Å². The third kappa shape index (κ3) is 2.52. The Kier molecular flexibility index (Phi) is 3.60. The first kappa shape index (κ1) is 17.0. The van der Waals surface area contributed by atoms with Crippen molar-refractivity contribution >= 4 is 32.8 Å². The highest BCUT2D eigenvalue weighted by Gasteiger charge is 2.23. The van der Waals surface area contributed by atoms with Gasteiger partial charge in [0.05, 0.1) is 5.39 Å². The van der Waals surface area contributed by atoms with Crippen molar-refractivity contribution in [3.05, 3.63) is 78.5 Å². The fourth-order valence-corrected chi connectivity index (χ4v) is 4.22. The third-order valence-electron chi connectivity index (χ3n) is 5.61. The zero-order valence-corrected chi connectivity index (χ0v) is 16.8. The third-order valence-corrected chi connectivity index (χ3v) is 5.61. The van der Waals surface area contributed by atoms with Gasteiger partial charge in [0.1, 0.15) is 12.6 Å². The predicted octanol–water partition coefficient (Wildman–Crippen LogP) is 6.53. The summed E-state index contributed by atoms with van der Waals surface area (Å²) in [6.07, 6.45) is 2.13. The van der Waals surface area contributed by atoms with Crippen LogP contribution in [0.3, 0.4) is 0 Å². The molecular weight excluding hydrogens is 342 g/mol. The molecule has 0 aliphatic rings. The molecule has 0 amide bonds. The summed E-state index contributed by atoms with van der Waals surface area (Å²) >= 11 is 0. The number of rotatable bonds is 1. The van der Waals surface area contributed by atoms with E-state index in [1.807, 2.05) is 12.1 Å². The first-order chi connectivity index (χ1) is 13.4. The van der Waals surface area contributed by atoms with E-state index in [0.29, 0.717) is 0 Å². The zero-order chi connectivity index (χ0) is 19.5. The quantitative estimate of drug-likeness (QED) is 0.308. The topological polar surface area (TPSA) is 17.0 Å². The maximum Gasteiger partial charge on any atom is 0.259 e. The largest absolute Gasteiger partial charge is 0.449 e. The molecule has 0 N–H and O–H groups in total. The van der Waals surface area contributed by atoms with Gasteiger partial charge in [0.2, 0.25) is 5.58 Å². The summed E-state index contributed by atoms with van der Waals surface area (Å²) in [5, 5.41) is 3.74. The van der Waals surface area contributed by atoms with Crippen LogP contribution in [0.5, 0.6) is 0 Å². The Morgan fingerprint density at radius 2 is 1.54 bits per heavy atom. The van der Waals surface area contributed by atoms with E-state index in [9.17, 15) is 0 Å². The number of pyridine rings is 1. The van der Waals surface area contributed by atoms with Gasteiger partial charge in [-0.15, -0.1) is 0 Å². The van der Waals surface area contributed by atoms with Crippen molar-refractivity contribution in [2.75, 3.05) is 0 Å². The van der Waals surface area contributed by atoms with Crippen molar-refractivity contribution in [2.45, 2.75) is 26.2 Å². The smallest absolute Gasteiger partial charge is 0.259 e. The highest BCUT2D eigenvalue weighted by atomic mass is 16.3. The number of nitrogens with zero attached hydrogens (tertiary/aromatic N) is 1. The molecule has 2 heteroatoms. The molecule has 0 radical (unpaired) electrons. The van der Waals surface area contributed by atoms with Gasteiger partial charge in [-0.1, -0.05) is 57.2 Å². The fourth-order valence-electron chi connectivity index (χ4n) is 4.22. The van der Waals surface area contributed by atoms with Crippen LogP contribution in [-0.4, -0.2) is 0 Å². The number of hydrogen-bond donors (Lipinski definition) is 0. The zero-order valence-electron chi connectivity index (χ0n) is 16.8. The van der Waals surface area contributed by atoms with Crippen LogP contribution in [0.15, 0.2) is 77.3 Å². The van der Waals surface area contributed by atoms with E-state index in [2.05, 4.69) is 93.2 Å². The van der Waals surface area contributed by atoms with Crippen LogP contribution in [0.25, 0.3) is 44.0 Å². The van der Waals surface area contributed by atoms with E-state index in [0.717, 1.165) is 27.6 Å². The summed E-state index contributed by atoms with van der Waals surface area (Å²) in [6.45, 7) is 6.83. The Balaban J connectivity index is 1.89. The van der Waals surface area contributed by atoms with Crippen LogP contribution >= 0.6 is 0 Å². The predicted molar refractivity (Wildman–Crippen MR) is 117 cm³/mol. The van der Waals surface area contributed by atoms with Gasteiger partial charge in [-0.2, -0.15) is 4.57 Å². The minimum Gasteiger partial charge on any atom is -0.449 e. The average molecular weight is 366 g/mol. The molecule has 0 bridgehead atoms. The Labute approximate surface area is 165 Å². The Morgan fingerprint density at radius 1 is 0.821 bits per heavy atom. The summed E-state index contributed by atoms with van der Waals surface area (Å²) in [5.74, 6) is 0. The van der Waals surface area contributed by atoms with Gasteiger partial charge in [-0.25, -0.2) is 0 Å². The summed E-state index contributed by atoms with van der Waals surface area (Å²) in [7, 11) is 2.08. The van der Waals surface area contributed by atoms with E-state index < -0.39 is 0 Å². The SMILES string of the molecule is C[n+]1ccc(-c2cc(C(C)(C)C)c3ccccc3c2)c2oc3ccccc3c21. The van der Waals surface area contributed by atoms with Gasteiger partial charge >= 0.3 is 0 Å². The molecule has 28 heavy (non-hydrogen) atoms. The number of benzene rings is 3. The van der Waals surface area contributed by atoms with Crippen molar-refractivity contribution in [1.29, 1.82) is 0 Å². The minimum absolute atomic E-state index is 0.0576. The Hall–Kier alpha value is -3.13. The van der Waals surface area contributed by atoms with Crippen LogP contribution in [-0.2, 0) is 12.5 Å². The second kappa shape index (κ2) is 5.93. The van der Waals surface area contributed by atoms with E-state index >= 15 is 0 Å². The van der Waals surface area contributed by atoms with Crippen LogP contribution < -0.4 is 4.57 Å². The van der Waals surface area contributed by atoms with Gasteiger partial charge < -0.3 is 4.42 Å². The molecule has 3 aromatic carbocycles. The average Bonchev–Trinajstić information content (AvgIpc) is 3.07. The molecule has 0 aliphatic carbocycles. The summed E-state index contributed by atoms with van der Waals surface area (Å²) in [6, 6.07) is 23.7. The first-order valence-corrected chi connectivity index (χ1v) is 9.77. The van der Waals surface area contributed by atoms with Crippen LogP contribution in [0.2, 0.25) is 0 Å². The first-order valence-electron chi connectivity index (χ1n) is 9.77.